The third-order valence-electron chi connectivity index (χ3n) is 1.98. The largest absolute Gasteiger partial charge is 0.542 e. The van der Waals surface area contributed by atoms with E-state index in [0.717, 1.165) is 0 Å². The molecule has 140 valence electrons. The molecule has 0 spiro atoms. The molecule has 0 rings (SSSR count). The van der Waals surface area contributed by atoms with Crippen LogP contribution in [-0.2, 0) is 23.9 Å². The second kappa shape index (κ2) is 9.70. The molecule has 0 saturated heterocycles. The summed E-state index contributed by atoms with van der Waals surface area (Å²) in [6, 6.07) is 0. The van der Waals surface area contributed by atoms with Gasteiger partial charge in [-0.1, -0.05) is 0 Å². The molecule has 0 radical (unpaired) electrons. The van der Waals surface area contributed by atoms with Gasteiger partial charge >= 0.3 is 24.1 Å². The van der Waals surface area contributed by atoms with Crippen LogP contribution in [0.15, 0.2) is 0 Å². The van der Waals surface area contributed by atoms with Gasteiger partial charge in [0.15, 0.2) is 6.10 Å². The summed E-state index contributed by atoms with van der Waals surface area (Å²) in [5.74, 6) is -6.31. The second-order valence-corrected chi connectivity index (χ2v) is 5.54. The van der Waals surface area contributed by atoms with Gasteiger partial charge in [0.05, 0.1) is 27.6 Å². The molecule has 9 nitrogen and oxygen atoms in total. The highest BCUT2D eigenvalue weighted by Crippen LogP contribution is 2.11. The predicted molar refractivity (Wildman–Crippen MR) is 68.3 cm³/mol. The lowest BCUT2D eigenvalue weighted by Crippen LogP contribution is -2.44. The van der Waals surface area contributed by atoms with Crippen LogP contribution in [0.3, 0.4) is 0 Å². The standard InChI is InChI=1S/C10H17NO6.C2HF3O2/c1-11(2,3)6-7(4-8(12)13)17-10(16)5-9(14)15;3-2(4,5)1(6)7/h7H,4-6H2,1-3H3,(H-,12,13,14,15);(H,6,7)/t7-;/m1./s1. The normalized spacial score (nSPS) is 12.4. The van der Waals surface area contributed by atoms with Gasteiger partial charge in [-0.2, -0.15) is 13.2 Å². The summed E-state index contributed by atoms with van der Waals surface area (Å²) >= 11 is 0. The molecule has 0 aromatic heterocycles. The lowest BCUT2D eigenvalue weighted by Gasteiger charge is -2.28. The highest BCUT2D eigenvalue weighted by Gasteiger charge is 2.29. The number of nitrogens with zero attached hydrogens (tertiary/aromatic N) is 1. The number of hydrogen-bond acceptors (Lipinski definition) is 6. The zero-order valence-electron chi connectivity index (χ0n) is 13.1. The third-order valence-corrected chi connectivity index (χ3v) is 1.98. The Balaban J connectivity index is 0. The number of rotatable bonds is 7. The van der Waals surface area contributed by atoms with Crippen LogP contribution >= 0.6 is 0 Å². The number of alkyl halides is 3. The van der Waals surface area contributed by atoms with Crippen LogP contribution < -0.4 is 5.11 Å². The Hall–Kier alpha value is -2.37. The van der Waals surface area contributed by atoms with Gasteiger partial charge in [0.25, 0.3) is 0 Å². The molecule has 0 aromatic rings. The number of carbonyl (C=O) groups excluding carboxylic acids is 2. The van der Waals surface area contributed by atoms with Crippen molar-refractivity contribution in [1.29, 1.82) is 0 Å². The molecule has 0 aliphatic carbocycles. The fraction of sp³-hybridized carbons (Fsp3) is 0.667. The Kier molecular flexibility index (Phi) is 9.65. The van der Waals surface area contributed by atoms with Crippen molar-refractivity contribution in [3.63, 3.8) is 0 Å². The summed E-state index contributed by atoms with van der Waals surface area (Å²) in [5, 5.41) is 25.8. The van der Waals surface area contributed by atoms with Gasteiger partial charge in [-0.25, -0.2) is 0 Å². The summed E-state index contributed by atoms with van der Waals surface area (Å²) in [6.45, 7) is 0.303. The maximum Gasteiger partial charge on any atom is 0.430 e. The van der Waals surface area contributed by atoms with Crippen molar-refractivity contribution >= 4 is 23.9 Å². The van der Waals surface area contributed by atoms with Gasteiger partial charge in [-0.3, -0.25) is 14.4 Å². The minimum absolute atomic E-state index is 0.303. The molecule has 0 aliphatic heterocycles. The van der Waals surface area contributed by atoms with Crippen LogP contribution in [0, 0.1) is 0 Å². The molecule has 0 aliphatic rings. The smallest absolute Gasteiger partial charge is 0.430 e. The Morgan fingerprint density at radius 1 is 1.08 bits per heavy atom. The van der Waals surface area contributed by atoms with Gasteiger partial charge in [0, 0.05) is 0 Å². The maximum atomic E-state index is 11.1. The first-order valence-electron chi connectivity index (χ1n) is 6.26. The second-order valence-electron chi connectivity index (χ2n) is 5.54. The van der Waals surface area contributed by atoms with Crippen molar-refractivity contribution in [1.82, 2.24) is 0 Å². The van der Waals surface area contributed by atoms with E-state index in [9.17, 15) is 27.6 Å². The van der Waals surface area contributed by atoms with E-state index in [2.05, 4.69) is 0 Å². The van der Waals surface area contributed by atoms with Crippen LogP contribution in [0.1, 0.15) is 12.8 Å². The van der Waals surface area contributed by atoms with E-state index in [-0.39, 0.29) is 6.42 Å². The van der Waals surface area contributed by atoms with E-state index in [1.165, 1.54) is 0 Å². The van der Waals surface area contributed by atoms with E-state index in [0.29, 0.717) is 11.0 Å². The highest BCUT2D eigenvalue weighted by atomic mass is 19.4. The average molecular weight is 361 g/mol. The van der Waals surface area contributed by atoms with Gasteiger partial charge in [0.2, 0.25) is 0 Å². The summed E-state index contributed by atoms with van der Waals surface area (Å²) < 4.78 is 36.8. The van der Waals surface area contributed by atoms with E-state index < -0.39 is 42.6 Å². The fourth-order valence-electron chi connectivity index (χ4n) is 1.30. The van der Waals surface area contributed by atoms with E-state index in [4.69, 9.17) is 24.9 Å². The quantitative estimate of drug-likeness (QED) is 0.329. The van der Waals surface area contributed by atoms with Gasteiger partial charge in [-0.05, 0) is 0 Å². The van der Waals surface area contributed by atoms with Crippen molar-refractivity contribution in [2.45, 2.75) is 25.1 Å². The Bertz CT molecular complexity index is 470. The van der Waals surface area contributed by atoms with Crippen LogP contribution in [0.2, 0.25) is 0 Å². The molecule has 2 N–H and O–H groups in total. The summed E-state index contributed by atoms with van der Waals surface area (Å²) in [6.07, 6.45) is -7.10. The molecule has 0 amide bonds. The van der Waals surface area contributed by atoms with Crippen molar-refractivity contribution < 1.29 is 56.9 Å². The lowest BCUT2D eigenvalue weighted by atomic mass is 10.2. The van der Waals surface area contributed by atoms with Crippen LogP contribution in [0.25, 0.3) is 0 Å². The molecule has 0 heterocycles. The lowest BCUT2D eigenvalue weighted by molar-refractivity contribution is -0.873. The van der Waals surface area contributed by atoms with Gasteiger partial charge in [-0.15, -0.1) is 0 Å². The summed E-state index contributed by atoms with van der Waals surface area (Å²) in [5.41, 5.74) is 0. The summed E-state index contributed by atoms with van der Waals surface area (Å²) in [4.78, 5) is 40.8. The van der Waals surface area contributed by atoms with E-state index >= 15 is 0 Å². The SMILES string of the molecule is C[N+](C)(C)C[C@@H](CC(=O)O)OC(=O)CC(=O)O.O=C([O-])C(F)(F)F. The number of carboxylic acids is 3. The molecular weight excluding hydrogens is 343 g/mol. The van der Waals surface area contributed by atoms with Crippen LogP contribution in [0.4, 0.5) is 13.2 Å². The van der Waals surface area contributed by atoms with Crippen molar-refractivity contribution in [2.24, 2.45) is 0 Å². The number of aliphatic carboxylic acids is 3. The first-order chi connectivity index (χ1) is 10.5. The fourth-order valence-corrected chi connectivity index (χ4v) is 1.30. The Labute approximate surface area is 134 Å². The third kappa shape index (κ3) is 16.0. The molecule has 0 unspecified atom stereocenters. The number of likely N-dealkylation sites (N-methyl/N-ethyl adjacent to an activating group) is 1. The number of hydrogen-bond donors (Lipinski definition) is 2. The molecule has 1 atom stereocenters. The molecule has 0 aromatic carbocycles. The number of esters is 1. The number of quaternary nitrogens is 1. The summed E-state index contributed by atoms with van der Waals surface area (Å²) in [7, 11) is 5.46. The number of carboxylic acid groups (broad SMARTS) is 3. The van der Waals surface area contributed by atoms with E-state index in [1.807, 2.05) is 21.1 Å². The molecular formula is C12H18F3NO8. The van der Waals surface area contributed by atoms with Crippen molar-refractivity contribution in [2.75, 3.05) is 27.7 Å². The monoisotopic (exact) mass is 361 g/mol. The zero-order valence-corrected chi connectivity index (χ0v) is 13.1. The number of halogens is 3. The average Bonchev–Trinajstić information content (AvgIpc) is 2.22. The molecule has 0 bridgehead atoms. The maximum absolute atomic E-state index is 11.1. The number of carbonyl (C=O) groups is 4. The van der Waals surface area contributed by atoms with Gasteiger partial charge in [0.1, 0.15) is 18.9 Å². The van der Waals surface area contributed by atoms with Gasteiger partial charge < -0.3 is 29.3 Å². The molecule has 24 heavy (non-hydrogen) atoms. The highest BCUT2D eigenvalue weighted by molar-refractivity contribution is 5.90. The van der Waals surface area contributed by atoms with Crippen molar-refractivity contribution in [3.8, 4) is 0 Å². The minimum Gasteiger partial charge on any atom is -0.542 e. The van der Waals surface area contributed by atoms with E-state index in [1.54, 1.807) is 0 Å². The molecule has 0 fully saturated rings. The first-order valence-corrected chi connectivity index (χ1v) is 6.26. The first kappa shape index (κ1) is 23.9. The molecule has 12 heteroatoms. The van der Waals surface area contributed by atoms with Crippen molar-refractivity contribution in [3.05, 3.63) is 0 Å². The van der Waals surface area contributed by atoms with Crippen LogP contribution in [0.5, 0.6) is 0 Å². The zero-order chi connectivity index (χ0) is 19.7. The minimum atomic E-state index is -5.19. The topological polar surface area (TPSA) is 141 Å². The predicted octanol–water partition coefficient (Wildman–Crippen LogP) is -1.15. The van der Waals surface area contributed by atoms with Crippen LogP contribution in [-0.4, -0.2) is 78.5 Å². The number of ether oxygens (including phenoxy) is 1. The Morgan fingerprint density at radius 3 is 1.75 bits per heavy atom. The Morgan fingerprint density at radius 2 is 1.50 bits per heavy atom. The molecule has 0 saturated carbocycles.